The second kappa shape index (κ2) is 5.25. The Morgan fingerprint density at radius 3 is 3.09 bits per heavy atom. The lowest BCUT2D eigenvalue weighted by Gasteiger charge is -2.24. The van der Waals surface area contributed by atoms with Crippen molar-refractivity contribution in [2.24, 2.45) is 5.92 Å². The number of hydrogen-bond acceptors (Lipinski definition) is 3. The fourth-order valence-corrected chi connectivity index (χ4v) is 3.64. The molecular weight excluding hydrogens is 278 g/mol. The molecule has 0 fully saturated rings. The number of fused-ring (bicyclic) bond motifs is 2. The molecule has 0 radical (unpaired) electrons. The van der Waals surface area contributed by atoms with Crippen LogP contribution in [0, 0.1) is 5.92 Å². The number of aliphatic hydroxyl groups is 1. The summed E-state index contributed by atoms with van der Waals surface area (Å²) in [7, 11) is 0. The molecule has 0 saturated carbocycles. The maximum absolute atomic E-state index is 12.6. The zero-order valence-electron chi connectivity index (χ0n) is 12.2. The van der Waals surface area contributed by atoms with Crippen LogP contribution in [-0.2, 0) is 24.1 Å². The van der Waals surface area contributed by atoms with Gasteiger partial charge in [-0.25, -0.2) is 4.98 Å². The van der Waals surface area contributed by atoms with E-state index >= 15 is 0 Å². The van der Waals surface area contributed by atoms with Crippen LogP contribution in [0.4, 0.5) is 0 Å². The lowest BCUT2D eigenvalue weighted by atomic mass is 9.89. The number of rotatable bonds is 2. The van der Waals surface area contributed by atoms with Gasteiger partial charge in [0.15, 0.2) is 0 Å². The van der Waals surface area contributed by atoms with E-state index in [1.807, 2.05) is 24.3 Å². The summed E-state index contributed by atoms with van der Waals surface area (Å²) in [6, 6.07) is 7.64. The van der Waals surface area contributed by atoms with E-state index < -0.39 is 6.10 Å². The molecule has 22 heavy (non-hydrogen) atoms. The molecule has 2 aliphatic rings. The van der Waals surface area contributed by atoms with Crippen LogP contribution in [0.25, 0.3) is 0 Å². The number of carbonyl (C=O) groups excluding carboxylic acids is 1. The number of carbonyl (C=O) groups is 1. The van der Waals surface area contributed by atoms with Gasteiger partial charge in [0, 0.05) is 24.5 Å². The number of nitrogens with one attached hydrogen (secondary N) is 2. The van der Waals surface area contributed by atoms with Crippen molar-refractivity contribution in [2.75, 3.05) is 0 Å². The second-order valence-corrected chi connectivity index (χ2v) is 6.22. The van der Waals surface area contributed by atoms with Crippen molar-refractivity contribution in [3.63, 3.8) is 0 Å². The number of hydrogen-bond donors (Lipinski definition) is 3. The molecular formula is C17H19N3O2. The second-order valence-electron chi connectivity index (χ2n) is 6.22. The van der Waals surface area contributed by atoms with Gasteiger partial charge < -0.3 is 15.4 Å². The lowest BCUT2D eigenvalue weighted by Crippen LogP contribution is -2.39. The summed E-state index contributed by atoms with van der Waals surface area (Å²) >= 11 is 0. The Kier molecular flexibility index (Phi) is 3.22. The maximum atomic E-state index is 12.6. The molecule has 0 unspecified atom stereocenters. The van der Waals surface area contributed by atoms with Crippen molar-refractivity contribution >= 4 is 5.91 Å². The summed E-state index contributed by atoms with van der Waals surface area (Å²) in [5.41, 5.74) is 4.32. The van der Waals surface area contributed by atoms with Crippen LogP contribution >= 0.6 is 0 Å². The fraction of sp³-hybridized carbons (Fsp3) is 0.412. The standard InChI is InChI=1S/C17H19N3O2/c21-15-8-10-3-1-2-4-12(10)16(15)20-17(22)11-5-6-13-14(7-11)19-9-18-13/h1-4,9,11,15-16,21H,5-8H2,(H,18,19)(H,20,22)/t11-,15-,16-/m1/s1. The third-order valence-corrected chi connectivity index (χ3v) is 4.86. The van der Waals surface area contributed by atoms with Crippen LogP contribution < -0.4 is 5.32 Å². The van der Waals surface area contributed by atoms with Crippen molar-refractivity contribution in [3.05, 3.63) is 53.1 Å². The molecule has 5 nitrogen and oxygen atoms in total. The number of imidazole rings is 1. The fourth-order valence-electron chi connectivity index (χ4n) is 3.64. The van der Waals surface area contributed by atoms with E-state index in [0.717, 1.165) is 35.4 Å². The highest BCUT2D eigenvalue weighted by atomic mass is 16.3. The van der Waals surface area contributed by atoms with Crippen molar-refractivity contribution < 1.29 is 9.90 Å². The minimum absolute atomic E-state index is 0.0287. The Morgan fingerprint density at radius 2 is 2.18 bits per heavy atom. The van der Waals surface area contributed by atoms with E-state index in [-0.39, 0.29) is 17.9 Å². The van der Waals surface area contributed by atoms with Crippen molar-refractivity contribution in [2.45, 2.75) is 37.8 Å². The first-order valence-corrected chi connectivity index (χ1v) is 7.79. The molecule has 1 amide bonds. The van der Waals surface area contributed by atoms with Crippen LogP contribution in [0.15, 0.2) is 30.6 Å². The molecule has 1 aromatic carbocycles. The number of aryl methyl sites for hydroxylation is 1. The van der Waals surface area contributed by atoms with Crippen LogP contribution in [-0.4, -0.2) is 27.1 Å². The number of aromatic nitrogens is 2. The molecule has 0 bridgehead atoms. The van der Waals surface area contributed by atoms with Gasteiger partial charge in [0.25, 0.3) is 0 Å². The molecule has 0 spiro atoms. The first-order chi connectivity index (χ1) is 10.7. The molecule has 1 aromatic heterocycles. The minimum atomic E-state index is -0.535. The van der Waals surface area contributed by atoms with Gasteiger partial charge in [-0.1, -0.05) is 24.3 Å². The SMILES string of the molecule is O=C(N[C@@H]1c2ccccc2C[C@H]1O)[C@@H]1CCc2nc[nH]c2C1. The Morgan fingerprint density at radius 1 is 1.32 bits per heavy atom. The van der Waals surface area contributed by atoms with Crippen molar-refractivity contribution in [1.29, 1.82) is 0 Å². The Bertz CT molecular complexity index is 709. The number of nitrogens with zero attached hydrogens (tertiary/aromatic N) is 1. The highest BCUT2D eigenvalue weighted by molar-refractivity contribution is 5.80. The van der Waals surface area contributed by atoms with Gasteiger partial charge in [-0.3, -0.25) is 4.79 Å². The molecule has 3 N–H and O–H groups in total. The average Bonchev–Trinajstić information content (AvgIpc) is 3.11. The maximum Gasteiger partial charge on any atom is 0.224 e. The van der Waals surface area contributed by atoms with E-state index in [1.165, 1.54) is 0 Å². The minimum Gasteiger partial charge on any atom is -0.390 e. The third kappa shape index (κ3) is 2.22. The van der Waals surface area contributed by atoms with E-state index in [2.05, 4.69) is 15.3 Å². The number of aliphatic hydroxyl groups excluding tert-OH is 1. The van der Waals surface area contributed by atoms with Gasteiger partial charge in [0.1, 0.15) is 0 Å². The van der Waals surface area contributed by atoms with Gasteiger partial charge in [0.05, 0.1) is 24.2 Å². The molecule has 114 valence electrons. The molecule has 2 aromatic rings. The van der Waals surface area contributed by atoms with E-state index in [4.69, 9.17) is 0 Å². The monoisotopic (exact) mass is 297 g/mol. The molecule has 4 rings (SSSR count). The van der Waals surface area contributed by atoms with Gasteiger partial charge in [-0.05, 0) is 24.0 Å². The summed E-state index contributed by atoms with van der Waals surface area (Å²) in [5.74, 6) is -0.0195. The topological polar surface area (TPSA) is 78.0 Å². The number of benzene rings is 1. The number of aromatic amines is 1. The summed E-state index contributed by atoms with van der Waals surface area (Å²) in [4.78, 5) is 20.0. The molecule has 2 aliphatic carbocycles. The van der Waals surface area contributed by atoms with Gasteiger partial charge in [0.2, 0.25) is 5.91 Å². The Labute approximate surface area is 128 Å². The molecule has 3 atom stereocenters. The first-order valence-electron chi connectivity index (χ1n) is 7.79. The lowest BCUT2D eigenvalue weighted by molar-refractivity contribution is -0.126. The van der Waals surface area contributed by atoms with Crippen LogP contribution in [0.1, 0.15) is 35.0 Å². The number of amides is 1. The van der Waals surface area contributed by atoms with Crippen molar-refractivity contribution in [1.82, 2.24) is 15.3 Å². The van der Waals surface area contributed by atoms with E-state index in [1.54, 1.807) is 6.33 Å². The summed E-state index contributed by atoms with van der Waals surface area (Å²) < 4.78 is 0. The highest BCUT2D eigenvalue weighted by Crippen LogP contribution is 2.32. The van der Waals surface area contributed by atoms with Gasteiger partial charge >= 0.3 is 0 Å². The molecule has 0 aliphatic heterocycles. The quantitative estimate of drug-likeness (QED) is 0.781. The summed E-state index contributed by atoms with van der Waals surface area (Å²) in [6.45, 7) is 0. The highest BCUT2D eigenvalue weighted by Gasteiger charge is 2.34. The zero-order valence-corrected chi connectivity index (χ0v) is 12.2. The smallest absolute Gasteiger partial charge is 0.224 e. The van der Waals surface area contributed by atoms with E-state index in [0.29, 0.717) is 12.8 Å². The largest absolute Gasteiger partial charge is 0.390 e. The van der Waals surface area contributed by atoms with Crippen LogP contribution in [0.2, 0.25) is 0 Å². The molecule has 1 heterocycles. The summed E-state index contributed by atoms with van der Waals surface area (Å²) in [6.07, 6.45) is 4.12. The Balaban J connectivity index is 1.49. The first kappa shape index (κ1) is 13.5. The van der Waals surface area contributed by atoms with Gasteiger partial charge in [-0.2, -0.15) is 0 Å². The normalized spacial score (nSPS) is 26.3. The average molecular weight is 297 g/mol. The van der Waals surface area contributed by atoms with Crippen LogP contribution in [0.5, 0.6) is 0 Å². The molecule has 5 heteroatoms. The number of H-pyrrole nitrogens is 1. The van der Waals surface area contributed by atoms with Crippen LogP contribution in [0.3, 0.4) is 0 Å². The van der Waals surface area contributed by atoms with E-state index in [9.17, 15) is 9.90 Å². The van der Waals surface area contributed by atoms with Gasteiger partial charge in [-0.15, -0.1) is 0 Å². The predicted octanol–water partition coefficient (Wildman–Crippen LogP) is 1.29. The zero-order chi connectivity index (χ0) is 15.1. The summed E-state index contributed by atoms with van der Waals surface area (Å²) in [5, 5.41) is 13.3. The van der Waals surface area contributed by atoms with Crippen molar-refractivity contribution in [3.8, 4) is 0 Å². The third-order valence-electron chi connectivity index (χ3n) is 4.86. The molecule has 0 saturated heterocycles. The Hall–Kier alpha value is -2.14. The predicted molar refractivity (Wildman–Crippen MR) is 81.1 cm³/mol.